The zero-order valence-corrected chi connectivity index (χ0v) is 15.3. The van der Waals surface area contributed by atoms with Gasteiger partial charge in [-0.2, -0.15) is 5.11 Å². The number of carbonyl (C=O) groups excluding carboxylic acids is 3. The molecule has 1 N–H and O–H groups in total. The topological polar surface area (TPSA) is 94.4 Å². The van der Waals surface area contributed by atoms with Crippen LogP contribution in [0.1, 0.15) is 0 Å². The first-order chi connectivity index (χ1) is 13.8. The van der Waals surface area contributed by atoms with Gasteiger partial charge in [0.1, 0.15) is 18.2 Å². The van der Waals surface area contributed by atoms with Crippen molar-refractivity contribution >= 4 is 40.7 Å². The summed E-state index contributed by atoms with van der Waals surface area (Å²) in [6, 6.07) is 6.38. The van der Waals surface area contributed by atoms with Crippen molar-refractivity contribution in [2.24, 2.45) is 10.3 Å². The molecule has 0 aliphatic carbocycles. The molecular formula is C18H12ClF2N5O3. The van der Waals surface area contributed by atoms with Gasteiger partial charge in [0.15, 0.2) is 12.1 Å². The lowest BCUT2D eigenvalue weighted by atomic mass is 10.1. The Balaban J connectivity index is 1.48. The summed E-state index contributed by atoms with van der Waals surface area (Å²) < 4.78 is 26.3. The van der Waals surface area contributed by atoms with Crippen molar-refractivity contribution in [1.82, 2.24) is 5.01 Å². The highest BCUT2D eigenvalue weighted by Gasteiger charge is 2.55. The Morgan fingerprint density at radius 3 is 2.52 bits per heavy atom. The first-order valence-corrected chi connectivity index (χ1v) is 8.78. The monoisotopic (exact) mass is 419 g/mol. The van der Waals surface area contributed by atoms with Crippen LogP contribution >= 0.6 is 11.6 Å². The van der Waals surface area contributed by atoms with E-state index in [0.717, 1.165) is 28.1 Å². The van der Waals surface area contributed by atoms with Gasteiger partial charge in [-0.3, -0.25) is 19.4 Å². The molecule has 2 atom stereocenters. The second-order valence-corrected chi connectivity index (χ2v) is 6.76. The van der Waals surface area contributed by atoms with E-state index in [1.807, 2.05) is 0 Å². The minimum absolute atomic E-state index is 0.157. The molecule has 0 unspecified atom stereocenters. The predicted molar refractivity (Wildman–Crippen MR) is 98.1 cm³/mol. The van der Waals surface area contributed by atoms with Gasteiger partial charge in [0.25, 0.3) is 11.8 Å². The van der Waals surface area contributed by atoms with Crippen LogP contribution in [0.5, 0.6) is 0 Å². The second kappa shape index (κ2) is 7.21. The van der Waals surface area contributed by atoms with E-state index in [1.54, 1.807) is 0 Å². The van der Waals surface area contributed by atoms with Gasteiger partial charge in [-0.15, -0.1) is 0 Å². The van der Waals surface area contributed by atoms with Gasteiger partial charge in [0.2, 0.25) is 5.91 Å². The summed E-state index contributed by atoms with van der Waals surface area (Å²) >= 11 is 5.68. The molecule has 1 saturated heterocycles. The van der Waals surface area contributed by atoms with Crippen LogP contribution in [0.3, 0.4) is 0 Å². The van der Waals surface area contributed by atoms with Crippen LogP contribution in [-0.4, -0.2) is 41.4 Å². The third-order valence-electron chi connectivity index (χ3n) is 4.45. The molecular weight excluding hydrogens is 408 g/mol. The molecule has 0 saturated carbocycles. The maximum absolute atomic E-state index is 13.2. The lowest BCUT2D eigenvalue weighted by Crippen LogP contribution is -2.43. The summed E-state index contributed by atoms with van der Waals surface area (Å²) in [6.07, 6.45) is 0. The fourth-order valence-corrected chi connectivity index (χ4v) is 3.30. The number of hydrogen-bond acceptors (Lipinski definition) is 6. The largest absolute Gasteiger partial charge is 0.324 e. The molecule has 0 spiro atoms. The summed E-state index contributed by atoms with van der Waals surface area (Å²) in [4.78, 5) is 38.5. The van der Waals surface area contributed by atoms with E-state index in [4.69, 9.17) is 11.6 Å². The highest BCUT2D eigenvalue weighted by molar-refractivity contribution is 6.31. The number of nitrogens with one attached hydrogen (secondary N) is 1. The maximum Gasteiger partial charge on any atom is 0.263 e. The summed E-state index contributed by atoms with van der Waals surface area (Å²) in [5.41, 5.74) is 0.465. The molecule has 4 rings (SSSR count). The van der Waals surface area contributed by atoms with Crippen LogP contribution in [0.2, 0.25) is 5.02 Å². The summed E-state index contributed by atoms with van der Waals surface area (Å²) in [5, 5.41) is 11.0. The standard InChI is InChI=1S/C18H12ClF2N5O3/c19-12-7-10(3-6-13(12)21)22-14(27)8-25-16-15(23-24-25)17(28)26(18(16)29)11-4-1-9(20)2-5-11/h1-7,15-16H,8H2,(H,22,27)/t15-,16+/m0/s1. The first kappa shape index (κ1) is 18.9. The van der Waals surface area contributed by atoms with Crippen LogP contribution in [0.15, 0.2) is 52.8 Å². The van der Waals surface area contributed by atoms with Crippen molar-refractivity contribution in [1.29, 1.82) is 0 Å². The maximum atomic E-state index is 13.2. The van der Waals surface area contributed by atoms with E-state index >= 15 is 0 Å². The SMILES string of the molecule is O=C(CN1N=N[C@@H]2C(=O)N(c3ccc(F)cc3)C(=O)[C@@H]21)Nc1ccc(F)c(Cl)c1. The Hall–Kier alpha value is -3.40. The number of benzene rings is 2. The lowest BCUT2D eigenvalue weighted by Gasteiger charge is -2.20. The molecule has 8 nitrogen and oxygen atoms in total. The third-order valence-corrected chi connectivity index (χ3v) is 4.74. The number of imide groups is 1. The molecule has 1 fully saturated rings. The number of nitrogens with zero attached hydrogens (tertiary/aromatic N) is 4. The first-order valence-electron chi connectivity index (χ1n) is 8.41. The quantitative estimate of drug-likeness (QED) is 0.770. The number of hydrogen-bond donors (Lipinski definition) is 1. The molecule has 2 heterocycles. The van der Waals surface area contributed by atoms with Crippen molar-refractivity contribution < 1.29 is 23.2 Å². The van der Waals surface area contributed by atoms with Gasteiger partial charge in [-0.1, -0.05) is 16.8 Å². The van der Waals surface area contributed by atoms with Crippen molar-refractivity contribution in [2.45, 2.75) is 12.1 Å². The van der Waals surface area contributed by atoms with Gasteiger partial charge >= 0.3 is 0 Å². The van der Waals surface area contributed by atoms with E-state index in [-0.39, 0.29) is 22.9 Å². The fraction of sp³-hybridized carbons (Fsp3) is 0.167. The molecule has 2 aromatic rings. The van der Waals surface area contributed by atoms with Gasteiger partial charge in [-0.25, -0.2) is 13.7 Å². The summed E-state index contributed by atoms with van der Waals surface area (Å²) in [7, 11) is 0. The number of rotatable bonds is 4. The van der Waals surface area contributed by atoms with Gasteiger partial charge in [0, 0.05) is 5.69 Å². The third kappa shape index (κ3) is 3.42. The molecule has 2 aliphatic heterocycles. The average molecular weight is 420 g/mol. The molecule has 11 heteroatoms. The molecule has 3 amide bonds. The highest BCUT2D eigenvalue weighted by Crippen LogP contribution is 2.31. The molecule has 2 aliphatic rings. The minimum atomic E-state index is -1.08. The normalized spacial score (nSPS) is 20.4. The molecule has 0 radical (unpaired) electrons. The zero-order chi connectivity index (χ0) is 20.7. The van der Waals surface area contributed by atoms with Gasteiger partial charge in [0.05, 0.1) is 10.7 Å². The number of fused-ring (bicyclic) bond motifs is 1. The van der Waals surface area contributed by atoms with Crippen molar-refractivity contribution in [3.05, 3.63) is 59.1 Å². The number of anilines is 2. The Morgan fingerprint density at radius 1 is 1.10 bits per heavy atom. The summed E-state index contributed by atoms with van der Waals surface area (Å²) in [5.74, 6) is -2.92. The Morgan fingerprint density at radius 2 is 1.83 bits per heavy atom. The van der Waals surface area contributed by atoms with E-state index < -0.39 is 41.4 Å². The van der Waals surface area contributed by atoms with E-state index in [2.05, 4.69) is 15.7 Å². The Bertz CT molecular complexity index is 1050. The van der Waals surface area contributed by atoms with Crippen LogP contribution < -0.4 is 10.2 Å². The smallest absolute Gasteiger partial charge is 0.263 e. The molecule has 29 heavy (non-hydrogen) atoms. The minimum Gasteiger partial charge on any atom is -0.324 e. The predicted octanol–water partition coefficient (Wildman–Crippen LogP) is 2.55. The summed E-state index contributed by atoms with van der Waals surface area (Å²) in [6.45, 7) is -0.365. The van der Waals surface area contributed by atoms with E-state index in [9.17, 15) is 23.2 Å². The number of halogens is 3. The van der Waals surface area contributed by atoms with Crippen molar-refractivity contribution in [3.63, 3.8) is 0 Å². The molecule has 0 aromatic heterocycles. The Labute approximate surface area is 167 Å². The Kier molecular flexibility index (Phi) is 4.71. The van der Waals surface area contributed by atoms with Crippen molar-refractivity contribution in [3.8, 4) is 0 Å². The van der Waals surface area contributed by atoms with Crippen LogP contribution in [-0.2, 0) is 14.4 Å². The van der Waals surface area contributed by atoms with Crippen molar-refractivity contribution in [2.75, 3.05) is 16.8 Å². The highest BCUT2D eigenvalue weighted by atomic mass is 35.5. The molecule has 0 bridgehead atoms. The number of amides is 3. The van der Waals surface area contributed by atoms with Gasteiger partial charge in [-0.05, 0) is 42.5 Å². The van der Waals surface area contributed by atoms with Crippen LogP contribution in [0.25, 0.3) is 0 Å². The zero-order valence-electron chi connectivity index (χ0n) is 14.6. The van der Waals surface area contributed by atoms with Gasteiger partial charge < -0.3 is 5.32 Å². The van der Waals surface area contributed by atoms with E-state index in [1.165, 1.54) is 24.3 Å². The average Bonchev–Trinajstić information content (AvgIpc) is 3.19. The molecule has 148 valence electrons. The fourth-order valence-electron chi connectivity index (χ4n) is 3.12. The lowest BCUT2D eigenvalue weighted by molar-refractivity contribution is -0.123. The number of carbonyl (C=O) groups is 3. The van der Waals surface area contributed by atoms with Crippen LogP contribution in [0, 0.1) is 11.6 Å². The second-order valence-electron chi connectivity index (χ2n) is 6.36. The molecule has 2 aromatic carbocycles. The van der Waals surface area contributed by atoms with Crippen LogP contribution in [0.4, 0.5) is 20.2 Å². The van der Waals surface area contributed by atoms with E-state index in [0.29, 0.717) is 0 Å².